The van der Waals surface area contributed by atoms with Gasteiger partial charge in [-0.2, -0.15) is 0 Å². The van der Waals surface area contributed by atoms with Crippen molar-refractivity contribution in [3.8, 4) is 0 Å². The van der Waals surface area contributed by atoms with Gasteiger partial charge >= 0.3 is 29.6 Å². The molecule has 1 N–H and O–H groups in total. The van der Waals surface area contributed by atoms with Crippen molar-refractivity contribution in [1.29, 1.82) is 0 Å². The summed E-state index contributed by atoms with van der Waals surface area (Å²) in [5.74, 6) is 0. The minimum atomic E-state index is -4.14. The minimum absolute atomic E-state index is 0. The van der Waals surface area contributed by atoms with Crippen LogP contribution >= 0.6 is 0 Å². The molecule has 0 heterocycles. The third-order valence-electron chi connectivity index (χ3n) is 3.72. The summed E-state index contributed by atoms with van der Waals surface area (Å²) in [4.78, 5) is 0. The third kappa shape index (κ3) is 14.2. The van der Waals surface area contributed by atoms with Crippen molar-refractivity contribution in [1.82, 2.24) is 0 Å². The van der Waals surface area contributed by atoms with Crippen LogP contribution in [0.4, 0.5) is 0 Å². The molecule has 0 spiro atoms. The van der Waals surface area contributed by atoms with Gasteiger partial charge in [-0.15, -0.1) is 0 Å². The fourth-order valence-electron chi connectivity index (χ4n) is 2.45. The van der Waals surface area contributed by atoms with Crippen molar-refractivity contribution in [3.63, 3.8) is 0 Å². The maximum Gasteiger partial charge on any atom is 1.00 e. The Bertz CT molecular complexity index is 320. The second-order valence-corrected chi connectivity index (χ2v) is 7.34. The first-order chi connectivity index (χ1) is 9.41. The van der Waals surface area contributed by atoms with Crippen LogP contribution < -0.4 is 29.6 Å². The third-order valence-corrected chi connectivity index (χ3v) is 5.01. The van der Waals surface area contributed by atoms with Gasteiger partial charge in [-0.25, -0.2) is 8.42 Å². The van der Waals surface area contributed by atoms with Crippen LogP contribution in [0.2, 0.25) is 0 Å². The van der Waals surface area contributed by atoms with Crippen LogP contribution in [0.15, 0.2) is 0 Å². The summed E-state index contributed by atoms with van der Waals surface area (Å²) >= 11 is 0. The van der Waals surface area contributed by atoms with Gasteiger partial charge in [0.15, 0.2) is 0 Å². The molecule has 0 aliphatic rings. The van der Waals surface area contributed by atoms with E-state index in [9.17, 15) is 18.1 Å². The van der Waals surface area contributed by atoms with E-state index in [0.29, 0.717) is 12.8 Å². The molecule has 2 unspecified atom stereocenters. The van der Waals surface area contributed by atoms with E-state index in [1.54, 1.807) is 0 Å². The quantitative estimate of drug-likeness (QED) is 0.305. The van der Waals surface area contributed by atoms with Crippen molar-refractivity contribution in [3.05, 3.63) is 0 Å². The van der Waals surface area contributed by atoms with Crippen molar-refractivity contribution in [2.24, 2.45) is 0 Å². The van der Waals surface area contributed by atoms with Crippen LogP contribution in [-0.2, 0) is 10.1 Å². The number of aliphatic hydroxyl groups excluding tert-OH is 1. The normalized spacial score (nSPS) is 14.5. The van der Waals surface area contributed by atoms with E-state index in [0.717, 1.165) is 57.8 Å². The average Bonchev–Trinajstić information content (AvgIpc) is 2.35. The summed E-state index contributed by atoms with van der Waals surface area (Å²) < 4.78 is 33.4. The molecule has 0 aromatic rings. The Morgan fingerprint density at radius 1 is 0.857 bits per heavy atom. The van der Waals surface area contributed by atoms with E-state index in [1.165, 1.54) is 0 Å². The predicted octanol–water partition coefficient (Wildman–Crippen LogP) is 0.596. The Morgan fingerprint density at radius 2 is 1.38 bits per heavy atom. The average molecular weight is 330 g/mol. The maximum atomic E-state index is 11.1. The van der Waals surface area contributed by atoms with Gasteiger partial charge < -0.3 is 9.66 Å². The first-order valence-electron chi connectivity index (χ1n) is 8.04. The van der Waals surface area contributed by atoms with Crippen LogP contribution in [0.5, 0.6) is 0 Å². The zero-order valence-corrected chi connectivity index (χ0v) is 16.8. The van der Waals surface area contributed by atoms with E-state index in [2.05, 4.69) is 6.92 Å². The Labute approximate surface area is 153 Å². The summed E-state index contributed by atoms with van der Waals surface area (Å²) in [5, 5.41) is 8.88. The summed E-state index contributed by atoms with van der Waals surface area (Å²) in [6.45, 7) is 4.05. The van der Waals surface area contributed by atoms with Gasteiger partial charge in [0.25, 0.3) is 0 Å². The van der Waals surface area contributed by atoms with Crippen LogP contribution in [0.3, 0.4) is 0 Å². The van der Waals surface area contributed by atoms with E-state index in [1.807, 2.05) is 6.92 Å². The second-order valence-electron chi connectivity index (χ2n) is 5.69. The number of hydrogen-bond acceptors (Lipinski definition) is 4. The molecule has 0 fully saturated rings. The van der Waals surface area contributed by atoms with Crippen LogP contribution in [0.1, 0.15) is 84.5 Å². The van der Waals surface area contributed by atoms with Crippen LogP contribution in [-0.4, -0.2) is 29.4 Å². The molecule has 122 valence electrons. The number of hydrogen-bond donors (Lipinski definition) is 1. The molecule has 0 aliphatic heterocycles. The van der Waals surface area contributed by atoms with Gasteiger partial charge in [0.2, 0.25) is 0 Å². The molecule has 0 amide bonds. The summed E-state index contributed by atoms with van der Waals surface area (Å²) in [6, 6.07) is 0. The molecule has 0 rings (SSSR count). The molecule has 0 saturated heterocycles. The summed E-state index contributed by atoms with van der Waals surface area (Å²) in [6.07, 6.45) is 8.90. The van der Waals surface area contributed by atoms with E-state index in [-0.39, 0.29) is 35.7 Å². The van der Waals surface area contributed by atoms with Crippen LogP contribution in [0.25, 0.3) is 0 Å². The predicted molar refractivity (Wildman–Crippen MR) is 81.6 cm³/mol. The SMILES string of the molecule is CCCCC(CCCCCCC(O)CCC)S(=O)(=O)[O-].[Na+]. The second kappa shape index (κ2) is 14.5. The molecule has 0 aliphatic carbocycles. The zero-order chi connectivity index (χ0) is 15.4. The molecule has 4 nitrogen and oxygen atoms in total. The molecule has 2 atom stereocenters. The fourth-order valence-corrected chi connectivity index (χ4v) is 3.36. The Hall–Kier alpha value is 0.870. The summed E-state index contributed by atoms with van der Waals surface area (Å²) in [5.41, 5.74) is 0. The first kappa shape index (κ1) is 24.1. The Balaban J connectivity index is 0. The van der Waals surface area contributed by atoms with Crippen molar-refractivity contribution >= 4 is 10.1 Å². The number of rotatable bonds is 13. The van der Waals surface area contributed by atoms with Crippen molar-refractivity contribution in [2.45, 2.75) is 95.8 Å². The van der Waals surface area contributed by atoms with Gasteiger partial charge in [-0.05, 0) is 25.7 Å². The molecular formula is C15H31NaO4S. The van der Waals surface area contributed by atoms with Crippen LogP contribution in [0, 0.1) is 0 Å². The fraction of sp³-hybridized carbons (Fsp3) is 1.00. The van der Waals surface area contributed by atoms with Gasteiger partial charge in [-0.1, -0.05) is 58.8 Å². The molecule has 0 bridgehead atoms. The molecule has 0 aromatic carbocycles. The molecule has 0 aromatic heterocycles. The number of aliphatic hydroxyl groups is 1. The maximum absolute atomic E-state index is 11.1. The Kier molecular flexibility index (Phi) is 16.6. The Morgan fingerprint density at radius 3 is 1.86 bits per heavy atom. The van der Waals surface area contributed by atoms with Gasteiger partial charge in [-0.3, -0.25) is 0 Å². The largest absolute Gasteiger partial charge is 1.00 e. The molecule has 0 radical (unpaired) electrons. The van der Waals surface area contributed by atoms with E-state index >= 15 is 0 Å². The van der Waals surface area contributed by atoms with E-state index in [4.69, 9.17) is 0 Å². The monoisotopic (exact) mass is 330 g/mol. The molecule has 21 heavy (non-hydrogen) atoms. The molecular weight excluding hydrogens is 299 g/mol. The number of unbranched alkanes of at least 4 members (excludes halogenated alkanes) is 4. The van der Waals surface area contributed by atoms with Gasteiger partial charge in [0, 0.05) is 5.25 Å². The first-order valence-corrected chi connectivity index (χ1v) is 9.51. The van der Waals surface area contributed by atoms with E-state index < -0.39 is 15.4 Å². The van der Waals surface area contributed by atoms with Gasteiger partial charge in [0.1, 0.15) is 0 Å². The van der Waals surface area contributed by atoms with Crippen molar-refractivity contribution in [2.75, 3.05) is 0 Å². The standard InChI is InChI=1S/C15H32O4S.Na/c1-3-5-12-15(20(17,18)19)13-9-7-6-8-11-14(16)10-4-2;/h14-16H,3-13H2,1-2H3,(H,17,18,19);/q;+1/p-1. The van der Waals surface area contributed by atoms with Gasteiger partial charge in [0.05, 0.1) is 16.2 Å². The zero-order valence-electron chi connectivity index (χ0n) is 14.0. The minimum Gasteiger partial charge on any atom is -0.748 e. The molecule has 6 heteroatoms. The topological polar surface area (TPSA) is 77.4 Å². The van der Waals surface area contributed by atoms with Crippen molar-refractivity contribution < 1.29 is 47.6 Å². The molecule has 0 saturated carbocycles. The summed E-state index contributed by atoms with van der Waals surface area (Å²) in [7, 11) is -4.14. The smallest absolute Gasteiger partial charge is 0.748 e.